The van der Waals surface area contributed by atoms with E-state index >= 15 is 0 Å². The molecule has 0 saturated carbocycles. The lowest BCUT2D eigenvalue weighted by molar-refractivity contribution is 0.0490. The number of ether oxygens (including phenoxy) is 1. The van der Waals surface area contributed by atoms with Crippen molar-refractivity contribution in [1.82, 2.24) is 0 Å². The van der Waals surface area contributed by atoms with Crippen molar-refractivity contribution >= 4 is 0 Å². The van der Waals surface area contributed by atoms with Crippen LogP contribution in [0.1, 0.15) is 104 Å². The summed E-state index contributed by atoms with van der Waals surface area (Å²) in [5.74, 6) is 0. The van der Waals surface area contributed by atoms with Crippen LogP contribution in [0.15, 0.2) is 0 Å². The van der Waals surface area contributed by atoms with Crippen molar-refractivity contribution in [2.45, 2.75) is 110 Å². The number of hydrogen-bond donors (Lipinski definition) is 1. The molecule has 0 spiro atoms. The van der Waals surface area contributed by atoms with Gasteiger partial charge in [-0.2, -0.15) is 0 Å². The van der Waals surface area contributed by atoms with Crippen LogP contribution >= 0.6 is 0 Å². The minimum absolute atomic E-state index is 0.241. The molecule has 0 rings (SSSR count). The monoisotopic (exact) mass is 300 g/mol. The molecule has 0 bridgehead atoms. The highest BCUT2D eigenvalue weighted by Gasteiger charge is 2.01. The van der Waals surface area contributed by atoms with Crippen LogP contribution in [-0.2, 0) is 4.74 Å². The number of aliphatic hydroxyl groups excluding tert-OH is 1. The third kappa shape index (κ3) is 17.9. The topological polar surface area (TPSA) is 29.5 Å². The standard InChI is InChI=1S/C19H40O2/c1-3-4-5-6-7-8-9-10-11-12-13-14-16-19(2)21-18-15-17-20/h19-20H,3-18H2,1-2H3. The number of rotatable bonds is 17. The molecule has 2 heteroatoms. The Labute approximate surface area is 133 Å². The zero-order valence-electron chi connectivity index (χ0n) is 14.7. The molecule has 0 aromatic rings. The quantitative estimate of drug-likeness (QED) is 0.341. The summed E-state index contributed by atoms with van der Waals surface area (Å²) < 4.78 is 5.62. The second kappa shape index (κ2) is 18.0. The van der Waals surface area contributed by atoms with Gasteiger partial charge in [-0.05, 0) is 19.8 Å². The van der Waals surface area contributed by atoms with Gasteiger partial charge in [0.25, 0.3) is 0 Å². The number of aliphatic hydroxyl groups is 1. The lowest BCUT2D eigenvalue weighted by Gasteiger charge is -2.12. The van der Waals surface area contributed by atoms with E-state index in [1.54, 1.807) is 0 Å². The van der Waals surface area contributed by atoms with Crippen LogP contribution in [0.5, 0.6) is 0 Å². The van der Waals surface area contributed by atoms with Gasteiger partial charge in [0.05, 0.1) is 6.10 Å². The molecule has 0 aromatic carbocycles. The average Bonchev–Trinajstić information content (AvgIpc) is 2.48. The Balaban J connectivity index is 3.05. The highest BCUT2D eigenvalue weighted by Crippen LogP contribution is 2.13. The molecule has 128 valence electrons. The Morgan fingerprint density at radius 3 is 1.67 bits per heavy atom. The van der Waals surface area contributed by atoms with Gasteiger partial charge in [0, 0.05) is 13.2 Å². The first kappa shape index (κ1) is 20.9. The normalized spacial score (nSPS) is 12.7. The Morgan fingerprint density at radius 2 is 1.19 bits per heavy atom. The molecule has 21 heavy (non-hydrogen) atoms. The maximum atomic E-state index is 8.69. The Bertz CT molecular complexity index is 182. The number of unbranched alkanes of at least 4 members (excludes halogenated alkanes) is 11. The van der Waals surface area contributed by atoms with Gasteiger partial charge in [-0.15, -0.1) is 0 Å². The van der Waals surface area contributed by atoms with E-state index in [1.807, 2.05) is 0 Å². The van der Waals surface area contributed by atoms with Crippen LogP contribution in [0.2, 0.25) is 0 Å². The molecule has 0 aliphatic rings. The second-order valence-corrected chi connectivity index (χ2v) is 6.44. The molecule has 0 radical (unpaired) electrons. The second-order valence-electron chi connectivity index (χ2n) is 6.44. The van der Waals surface area contributed by atoms with Crippen LogP contribution in [-0.4, -0.2) is 24.4 Å². The fourth-order valence-electron chi connectivity index (χ4n) is 2.71. The van der Waals surface area contributed by atoms with E-state index in [1.165, 1.54) is 83.5 Å². The molecular formula is C19H40O2. The van der Waals surface area contributed by atoms with E-state index in [2.05, 4.69) is 13.8 Å². The fraction of sp³-hybridized carbons (Fsp3) is 1.00. The third-order valence-electron chi connectivity index (χ3n) is 4.17. The number of hydrogen-bond acceptors (Lipinski definition) is 2. The van der Waals surface area contributed by atoms with Crippen LogP contribution in [0.3, 0.4) is 0 Å². The van der Waals surface area contributed by atoms with Gasteiger partial charge in [-0.25, -0.2) is 0 Å². The molecule has 0 amide bonds. The molecule has 0 aliphatic carbocycles. The van der Waals surface area contributed by atoms with Crippen molar-refractivity contribution in [2.75, 3.05) is 13.2 Å². The molecular weight excluding hydrogens is 260 g/mol. The van der Waals surface area contributed by atoms with Crippen LogP contribution < -0.4 is 0 Å². The molecule has 0 fully saturated rings. The van der Waals surface area contributed by atoms with E-state index in [-0.39, 0.29) is 6.61 Å². The van der Waals surface area contributed by atoms with Crippen molar-refractivity contribution in [3.63, 3.8) is 0 Å². The summed E-state index contributed by atoms with van der Waals surface area (Å²) >= 11 is 0. The summed E-state index contributed by atoms with van der Waals surface area (Å²) in [4.78, 5) is 0. The summed E-state index contributed by atoms with van der Waals surface area (Å²) in [6.45, 7) is 5.37. The van der Waals surface area contributed by atoms with E-state index in [0.717, 1.165) is 6.42 Å². The van der Waals surface area contributed by atoms with Crippen LogP contribution in [0, 0.1) is 0 Å². The molecule has 0 aliphatic heterocycles. The van der Waals surface area contributed by atoms with E-state index < -0.39 is 0 Å². The molecule has 1 unspecified atom stereocenters. The highest BCUT2D eigenvalue weighted by atomic mass is 16.5. The van der Waals surface area contributed by atoms with Crippen molar-refractivity contribution in [3.05, 3.63) is 0 Å². The largest absolute Gasteiger partial charge is 0.396 e. The minimum Gasteiger partial charge on any atom is -0.396 e. The summed E-state index contributed by atoms with van der Waals surface area (Å²) in [6.07, 6.45) is 19.1. The fourth-order valence-corrected chi connectivity index (χ4v) is 2.71. The third-order valence-corrected chi connectivity index (χ3v) is 4.17. The summed E-state index contributed by atoms with van der Waals surface area (Å²) in [5, 5.41) is 8.69. The Kier molecular flexibility index (Phi) is 17.9. The highest BCUT2D eigenvalue weighted by molar-refractivity contribution is 4.53. The zero-order valence-corrected chi connectivity index (χ0v) is 14.7. The molecule has 0 heterocycles. The Morgan fingerprint density at radius 1 is 0.714 bits per heavy atom. The first-order chi connectivity index (χ1) is 10.3. The van der Waals surface area contributed by atoms with E-state index in [9.17, 15) is 0 Å². The first-order valence-electron chi connectivity index (χ1n) is 9.53. The van der Waals surface area contributed by atoms with Gasteiger partial charge in [-0.1, -0.05) is 84.0 Å². The summed E-state index contributed by atoms with van der Waals surface area (Å²) in [5.41, 5.74) is 0. The Hall–Kier alpha value is -0.0800. The lowest BCUT2D eigenvalue weighted by atomic mass is 10.0. The van der Waals surface area contributed by atoms with Crippen molar-refractivity contribution in [3.8, 4) is 0 Å². The zero-order chi connectivity index (χ0) is 15.6. The van der Waals surface area contributed by atoms with Gasteiger partial charge in [0.15, 0.2) is 0 Å². The predicted octanol–water partition coefficient (Wildman–Crippen LogP) is 5.87. The van der Waals surface area contributed by atoms with Crippen LogP contribution in [0.4, 0.5) is 0 Å². The van der Waals surface area contributed by atoms with Gasteiger partial charge in [0.2, 0.25) is 0 Å². The lowest BCUT2D eigenvalue weighted by Crippen LogP contribution is -2.09. The molecule has 2 nitrogen and oxygen atoms in total. The van der Waals surface area contributed by atoms with Gasteiger partial charge in [-0.3, -0.25) is 0 Å². The SMILES string of the molecule is CCCCCCCCCCCCCCC(C)OCCCO. The summed E-state index contributed by atoms with van der Waals surface area (Å²) in [6, 6.07) is 0. The van der Waals surface area contributed by atoms with Gasteiger partial charge < -0.3 is 9.84 Å². The van der Waals surface area contributed by atoms with Gasteiger partial charge >= 0.3 is 0 Å². The average molecular weight is 301 g/mol. The van der Waals surface area contributed by atoms with Crippen molar-refractivity contribution < 1.29 is 9.84 Å². The molecule has 1 N–H and O–H groups in total. The minimum atomic E-state index is 0.241. The summed E-state index contributed by atoms with van der Waals surface area (Å²) in [7, 11) is 0. The first-order valence-corrected chi connectivity index (χ1v) is 9.53. The smallest absolute Gasteiger partial charge is 0.0547 e. The molecule has 0 aromatic heterocycles. The van der Waals surface area contributed by atoms with Crippen molar-refractivity contribution in [2.24, 2.45) is 0 Å². The van der Waals surface area contributed by atoms with Crippen molar-refractivity contribution in [1.29, 1.82) is 0 Å². The maximum Gasteiger partial charge on any atom is 0.0547 e. The molecule has 1 atom stereocenters. The van der Waals surface area contributed by atoms with Crippen LogP contribution in [0.25, 0.3) is 0 Å². The van der Waals surface area contributed by atoms with Gasteiger partial charge in [0.1, 0.15) is 0 Å². The molecule has 0 saturated heterocycles. The predicted molar refractivity (Wildman–Crippen MR) is 92.8 cm³/mol. The maximum absolute atomic E-state index is 8.69. The van der Waals surface area contributed by atoms with E-state index in [0.29, 0.717) is 12.7 Å². The van der Waals surface area contributed by atoms with E-state index in [4.69, 9.17) is 9.84 Å².